The maximum absolute atomic E-state index is 16.6. The molecule has 2 fully saturated rings. The number of rotatable bonds is 8. The fourth-order valence-electron chi connectivity index (χ4n) is 6.10. The van der Waals surface area contributed by atoms with Crippen molar-refractivity contribution in [2.45, 2.75) is 24.7 Å². The molecular weight excluding hydrogens is 720 g/mol. The van der Waals surface area contributed by atoms with Gasteiger partial charge in [0.25, 0.3) is 0 Å². The third-order valence-electron chi connectivity index (χ3n) is 8.39. The highest BCUT2D eigenvalue weighted by molar-refractivity contribution is 14.1. The Labute approximate surface area is 277 Å². The molecule has 2 aromatic heterocycles. The lowest BCUT2D eigenvalue weighted by molar-refractivity contribution is -0.128. The largest absolute Gasteiger partial charge is 0.462 e. The Kier molecular flexibility index (Phi) is 9.62. The molecule has 0 aliphatic carbocycles. The molecule has 45 heavy (non-hydrogen) atoms. The van der Waals surface area contributed by atoms with Crippen LogP contribution in [0, 0.1) is 5.82 Å². The SMILES string of the molecule is CN1C[C@H](F)C[C@H]1COc1nc(N2CCN(C(=O)/C=C/CF)[C@@H](CI)C2)c2cnc(-c3cccc4cccc(Cl)c34)c(F)c2n1. The van der Waals surface area contributed by atoms with Crippen LogP contribution in [0.1, 0.15) is 6.42 Å². The highest BCUT2D eigenvalue weighted by atomic mass is 127. The minimum Gasteiger partial charge on any atom is -0.462 e. The summed E-state index contributed by atoms with van der Waals surface area (Å²) in [5.41, 5.74) is 0.649. The topological polar surface area (TPSA) is 74.7 Å². The Balaban J connectivity index is 1.42. The predicted molar refractivity (Wildman–Crippen MR) is 178 cm³/mol. The van der Waals surface area contributed by atoms with Gasteiger partial charge in [0, 0.05) is 64.9 Å². The number of amides is 1. The van der Waals surface area contributed by atoms with Gasteiger partial charge in [-0.15, -0.1) is 0 Å². The standard InChI is InChI=1S/C32H31ClF3IN6O2/c1-41-16-20(35)13-21(41)18-45-32-39-30-24(31(40-32)42-11-12-43(22(14-37)17-42)26(44)9-4-10-34)15-38-29(28(30)36)23-7-2-5-19-6-3-8-25(33)27(19)23/h2-9,15,20-22H,10-14,16-18H2,1H3/b9-4+/t20-,21+,22+/m1/s1. The fraction of sp³-hybridized carbons (Fsp3) is 0.375. The van der Waals surface area contributed by atoms with E-state index in [2.05, 4.69) is 32.6 Å². The highest BCUT2D eigenvalue weighted by Gasteiger charge is 2.33. The van der Waals surface area contributed by atoms with E-state index in [4.69, 9.17) is 21.3 Å². The summed E-state index contributed by atoms with van der Waals surface area (Å²) >= 11 is 8.78. The molecule has 13 heteroatoms. The Morgan fingerprint density at radius 1 is 1.16 bits per heavy atom. The van der Waals surface area contributed by atoms with Gasteiger partial charge in [0.2, 0.25) is 5.91 Å². The van der Waals surface area contributed by atoms with E-state index in [-0.39, 0.29) is 41.8 Å². The summed E-state index contributed by atoms with van der Waals surface area (Å²) < 4.78 is 50.0. The van der Waals surface area contributed by atoms with Gasteiger partial charge >= 0.3 is 6.01 Å². The maximum Gasteiger partial charge on any atom is 0.319 e. The first-order chi connectivity index (χ1) is 21.8. The van der Waals surface area contributed by atoms with Gasteiger partial charge in [0.15, 0.2) is 5.82 Å². The number of benzene rings is 2. The van der Waals surface area contributed by atoms with E-state index < -0.39 is 18.7 Å². The number of anilines is 1. The number of fused-ring (bicyclic) bond motifs is 2. The molecule has 1 amide bonds. The quantitative estimate of drug-likeness (QED) is 0.124. The fourth-order valence-corrected chi connectivity index (χ4v) is 7.13. The highest BCUT2D eigenvalue weighted by Crippen LogP contribution is 2.37. The zero-order valence-electron chi connectivity index (χ0n) is 24.5. The monoisotopic (exact) mass is 750 g/mol. The minimum atomic E-state index is -0.945. The summed E-state index contributed by atoms with van der Waals surface area (Å²) in [6.07, 6.45) is 3.39. The number of piperazine rings is 1. The number of likely N-dealkylation sites (tertiary alicyclic amines) is 1. The third kappa shape index (κ3) is 6.41. The summed E-state index contributed by atoms with van der Waals surface area (Å²) in [6.45, 7) is 0.894. The first kappa shape index (κ1) is 31.7. The normalized spacial score (nSPS) is 21.0. The zero-order chi connectivity index (χ0) is 31.7. The van der Waals surface area contributed by atoms with Crippen LogP contribution in [0.5, 0.6) is 6.01 Å². The van der Waals surface area contributed by atoms with Gasteiger partial charge in [0.05, 0.1) is 11.4 Å². The zero-order valence-corrected chi connectivity index (χ0v) is 27.4. The van der Waals surface area contributed by atoms with E-state index in [9.17, 15) is 13.6 Å². The van der Waals surface area contributed by atoms with Crippen LogP contribution in [0.4, 0.5) is 19.0 Å². The minimum absolute atomic E-state index is 0.0302. The van der Waals surface area contributed by atoms with Crippen molar-refractivity contribution in [2.75, 3.05) is 55.8 Å². The second kappa shape index (κ2) is 13.6. The molecule has 0 unspecified atom stereocenters. The summed E-state index contributed by atoms with van der Waals surface area (Å²) in [6, 6.07) is 10.6. The molecule has 2 aromatic carbocycles. The van der Waals surface area contributed by atoms with Crippen molar-refractivity contribution in [1.82, 2.24) is 24.8 Å². The van der Waals surface area contributed by atoms with Crippen LogP contribution in [0.2, 0.25) is 5.02 Å². The number of carbonyl (C=O) groups is 1. The summed E-state index contributed by atoms with van der Waals surface area (Å²) in [5.74, 6) is -0.484. The molecule has 8 nitrogen and oxygen atoms in total. The molecule has 2 aliphatic rings. The van der Waals surface area contributed by atoms with Crippen molar-refractivity contribution in [2.24, 2.45) is 0 Å². The Hall–Kier alpha value is -3.23. The lowest BCUT2D eigenvalue weighted by atomic mass is 10.0. The van der Waals surface area contributed by atoms with Crippen molar-refractivity contribution >= 4 is 67.6 Å². The number of pyridine rings is 1. The summed E-state index contributed by atoms with van der Waals surface area (Å²) in [5, 5.41) is 2.39. The number of likely N-dealkylation sites (N-methyl/N-ethyl adjacent to an activating group) is 1. The molecule has 0 spiro atoms. The van der Waals surface area contributed by atoms with Gasteiger partial charge in [-0.25, -0.2) is 13.2 Å². The van der Waals surface area contributed by atoms with E-state index in [0.29, 0.717) is 64.2 Å². The van der Waals surface area contributed by atoms with Gasteiger partial charge in [-0.1, -0.05) is 64.5 Å². The molecule has 3 atom stereocenters. The molecule has 0 N–H and O–H groups in total. The number of ether oxygens (including phenoxy) is 1. The lowest BCUT2D eigenvalue weighted by Crippen LogP contribution is -2.56. The van der Waals surface area contributed by atoms with E-state index in [0.717, 1.165) is 5.39 Å². The number of carbonyl (C=O) groups excluding carboxylic acids is 1. The second-order valence-corrected chi connectivity index (χ2v) is 12.5. The summed E-state index contributed by atoms with van der Waals surface area (Å²) in [7, 11) is 1.83. The Bertz CT molecular complexity index is 1760. The Morgan fingerprint density at radius 2 is 1.96 bits per heavy atom. The van der Waals surface area contributed by atoms with E-state index >= 15 is 4.39 Å². The van der Waals surface area contributed by atoms with Crippen LogP contribution in [0.3, 0.4) is 0 Å². The van der Waals surface area contributed by atoms with Crippen molar-refractivity contribution in [3.63, 3.8) is 0 Å². The lowest BCUT2D eigenvalue weighted by Gasteiger charge is -2.41. The number of hydrogen-bond acceptors (Lipinski definition) is 7. The van der Waals surface area contributed by atoms with Crippen molar-refractivity contribution in [3.05, 3.63) is 65.6 Å². The molecule has 4 aromatic rings. The molecular formula is C32H31ClF3IN6O2. The molecule has 2 aliphatic heterocycles. The molecule has 2 saturated heterocycles. The smallest absolute Gasteiger partial charge is 0.319 e. The number of alkyl halides is 3. The summed E-state index contributed by atoms with van der Waals surface area (Å²) in [4.78, 5) is 32.1. The van der Waals surface area contributed by atoms with Crippen LogP contribution < -0.4 is 9.64 Å². The first-order valence-electron chi connectivity index (χ1n) is 14.6. The number of nitrogens with zero attached hydrogens (tertiary/aromatic N) is 6. The van der Waals surface area contributed by atoms with Crippen molar-refractivity contribution in [1.29, 1.82) is 0 Å². The third-order valence-corrected chi connectivity index (χ3v) is 9.72. The molecule has 6 rings (SSSR count). The van der Waals surface area contributed by atoms with Gasteiger partial charge in [-0.2, -0.15) is 9.97 Å². The number of aromatic nitrogens is 3. The van der Waals surface area contributed by atoms with E-state index in [1.54, 1.807) is 23.2 Å². The second-order valence-electron chi connectivity index (χ2n) is 11.2. The first-order valence-corrected chi connectivity index (χ1v) is 16.5. The van der Waals surface area contributed by atoms with Crippen LogP contribution in [0.15, 0.2) is 54.7 Å². The van der Waals surface area contributed by atoms with E-state index in [1.807, 2.05) is 41.1 Å². The average Bonchev–Trinajstić information content (AvgIpc) is 3.38. The molecule has 0 radical (unpaired) electrons. The predicted octanol–water partition coefficient (Wildman–Crippen LogP) is 6.04. The van der Waals surface area contributed by atoms with Gasteiger partial charge < -0.3 is 14.5 Å². The van der Waals surface area contributed by atoms with Gasteiger partial charge in [0.1, 0.15) is 36.5 Å². The van der Waals surface area contributed by atoms with Crippen LogP contribution in [0.25, 0.3) is 32.9 Å². The van der Waals surface area contributed by atoms with E-state index in [1.165, 1.54) is 12.2 Å². The van der Waals surface area contributed by atoms with Crippen molar-refractivity contribution in [3.8, 4) is 17.3 Å². The maximum atomic E-state index is 16.6. The molecule has 4 heterocycles. The Morgan fingerprint density at radius 3 is 2.69 bits per heavy atom. The van der Waals surface area contributed by atoms with Crippen LogP contribution in [-0.4, -0.2) is 99.9 Å². The van der Waals surface area contributed by atoms with Crippen molar-refractivity contribution < 1.29 is 22.7 Å². The molecule has 236 valence electrons. The van der Waals surface area contributed by atoms with Crippen LogP contribution in [-0.2, 0) is 4.79 Å². The van der Waals surface area contributed by atoms with Gasteiger partial charge in [-0.3, -0.25) is 14.7 Å². The number of hydrogen-bond donors (Lipinski definition) is 0. The molecule has 0 saturated carbocycles. The van der Waals surface area contributed by atoms with Crippen LogP contribution >= 0.6 is 34.2 Å². The average molecular weight is 751 g/mol. The van der Waals surface area contributed by atoms with Gasteiger partial charge in [-0.05, 0) is 31.0 Å². The molecule has 0 bridgehead atoms. The number of allylic oxidation sites excluding steroid dienone is 1. The number of halogens is 5.